The molecular weight excluding hydrogens is 142 g/mol. The van der Waals surface area contributed by atoms with E-state index < -0.39 is 0 Å². The van der Waals surface area contributed by atoms with E-state index in [1.54, 1.807) is 0 Å². The highest BCUT2D eigenvalue weighted by atomic mass is 79.9. The van der Waals surface area contributed by atoms with Crippen LogP contribution in [0.5, 0.6) is 0 Å². The summed E-state index contributed by atoms with van der Waals surface area (Å²) >= 11 is 3.41. The second kappa shape index (κ2) is 1.73. The first kappa shape index (κ1) is 4.31. The molecule has 0 saturated heterocycles. The fourth-order valence-electron chi connectivity index (χ4n) is 0.452. The van der Waals surface area contributed by atoms with E-state index in [9.17, 15) is 0 Å². The van der Waals surface area contributed by atoms with Crippen molar-refractivity contribution in [1.29, 1.82) is 0 Å². The van der Waals surface area contributed by atoms with E-state index in [4.69, 9.17) is 0 Å². The molecule has 6 heavy (non-hydrogen) atoms. The molecule has 2 heteroatoms. The summed E-state index contributed by atoms with van der Waals surface area (Å²) in [6.07, 6.45) is 3.07. The highest BCUT2D eigenvalue weighted by Crippen LogP contribution is 2.07. The molecule has 0 bridgehead atoms. The van der Waals surface area contributed by atoms with E-state index in [0.717, 1.165) is 13.0 Å². The van der Waals surface area contributed by atoms with Crippen LogP contribution in [0.3, 0.4) is 0 Å². The zero-order valence-corrected chi connectivity index (χ0v) is 4.98. The van der Waals surface area contributed by atoms with Crippen molar-refractivity contribution in [3.63, 3.8) is 0 Å². The largest absolute Gasteiger partial charge is 0.296 e. The summed E-state index contributed by atoms with van der Waals surface area (Å²) in [6, 6.07) is 0. The van der Waals surface area contributed by atoms with Crippen molar-refractivity contribution in [2.75, 3.05) is 6.54 Å². The number of hydrogen-bond acceptors (Lipinski definition) is 1. The molecular formula is C4H6BrN. The standard InChI is InChI=1S/C4H6BrN/c5-4-1-2-6-3-4/h2,4H,1,3H2. The number of alkyl halides is 1. The van der Waals surface area contributed by atoms with Crippen molar-refractivity contribution < 1.29 is 0 Å². The number of halogens is 1. The summed E-state index contributed by atoms with van der Waals surface area (Å²) in [5.41, 5.74) is 0. The van der Waals surface area contributed by atoms with Gasteiger partial charge in [0, 0.05) is 4.83 Å². The molecule has 1 atom stereocenters. The lowest BCUT2D eigenvalue weighted by Gasteiger charge is -1.87. The van der Waals surface area contributed by atoms with Gasteiger partial charge in [-0.2, -0.15) is 0 Å². The monoisotopic (exact) mass is 147 g/mol. The van der Waals surface area contributed by atoms with Gasteiger partial charge in [0.15, 0.2) is 0 Å². The Balaban J connectivity index is 2.32. The molecule has 0 spiro atoms. The fraction of sp³-hybridized carbons (Fsp3) is 0.750. The van der Waals surface area contributed by atoms with Crippen LogP contribution in [-0.2, 0) is 0 Å². The molecule has 0 aromatic heterocycles. The molecule has 1 aliphatic rings. The molecule has 0 aliphatic carbocycles. The van der Waals surface area contributed by atoms with Gasteiger partial charge < -0.3 is 0 Å². The first-order valence-electron chi connectivity index (χ1n) is 2.02. The smallest absolute Gasteiger partial charge is 0.0514 e. The number of hydrogen-bond donors (Lipinski definition) is 0. The zero-order chi connectivity index (χ0) is 4.41. The Kier molecular flexibility index (Phi) is 1.25. The van der Waals surface area contributed by atoms with Crippen LogP contribution in [0.2, 0.25) is 0 Å². The molecule has 0 aromatic rings. The van der Waals surface area contributed by atoms with Crippen LogP contribution in [0.15, 0.2) is 4.99 Å². The number of rotatable bonds is 0. The molecule has 1 unspecified atom stereocenters. The summed E-state index contributed by atoms with van der Waals surface area (Å²) in [5.74, 6) is 0. The Bertz CT molecular complexity index is 61.9. The summed E-state index contributed by atoms with van der Waals surface area (Å²) in [4.78, 5) is 4.63. The molecule has 0 amide bonds. The van der Waals surface area contributed by atoms with Gasteiger partial charge in [-0.05, 0) is 12.6 Å². The first-order valence-corrected chi connectivity index (χ1v) is 2.93. The highest BCUT2D eigenvalue weighted by Gasteiger charge is 2.03. The molecule has 0 saturated carbocycles. The van der Waals surface area contributed by atoms with Crippen LogP contribution < -0.4 is 0 Å². The van der Waals surface area contributed by atoms with Crippen molar-refractivity contribution in [3.05, 3.63) is 0 Å². The van der Waals surface area contributed by atoms with Crippen LogP contribution in [0.1, 0.15) is 6.42 Å². The molecule has 1 nitrogen and oxygen atoms in total. The van der Waals surface area contributed by atoms with Gasteiger partial charge in [-0.1, -0.05) is 15.9 Å². The van der Waals surface area contributed by atoms with Gasteiger partial charge >= 0.3 is 0 Å². The van der Waals surface area contributed by atoms with Crippen molar-refractivity contribution >= 4 is 22.1 Å². The van der Waals surface area contributed by atoms with Crippen molar-refractivity contribution in [2.24, 2.45) is 4.99 Å². The zero-order valence-electron chi connectivity index (χ0n) is 3.39. The Morgan fingerprint density at radius 2 is 2.67 bits per heavy atom. The number of nitrogens with zero attached hydrogens (tertiary/aromatic N) is 1. The van der Waals surface area contributed by atoms with Crippen LogP contribution >= 0.6 is 15.9 Å². The average Bonchev–Trinajstić information content (AvgIpc) is 1.86. The number of aliphatic imine (C=N–C) groups is 1. The van der Waals surface area contributed by atoms with E-state index in [1.165, 1.54) is 0 Å². The van der Waals surface area contributed by atoms with Gasteiger partial charge in [0.1, 0.15) is 0 Å². The topological polar surface area (TPSA) is 12.4 Å². The SMILES string of the molecule is BrC1CC=NC1. The Morgan fingerprint density at radius 3 is 2.83 bits per heavy atom. The maximum Gasteiger partial charge on any atom is 0.0514 e. The van der Waals surface area contributed by atoms with Gasteiger partial charge in [-0.3, -0.25) is 4.99 Å². The minimum absolute atomic E-state index is 0.637. The molecule has 0 fully saturated rings. The van der Waals surface area contributed by atoms with E-state index in [2.05, 4.69) is 20.9 Å². The van der Waals surface area contributed by atoms with E-state index >= 15 is 0 Å². The summed E-state index contributed by atoms with van der Waals surface area (Å²) in [7, 11) is 0. The Labute approximate surface area is 45.6 Å². The predicted octanol–water partition coefficient (Wildman–Crippen LogP) is 1.22. The van der Waals surface area contributed by atoms with Gasteiger partial charge in [-0.25, -0.2) is 0 Å². The Hall–Kier alpha value is 0.150. The highest BCUT2D eigenvalue weighted by molar-refractivity contribution is 9.09. The third-order valence-corrected chi connectivity index (χ3v) is 1.46. The molecule has 0 radical (unpaired) electrons. The molecule has 0 aromatic carbocycles. The van der Waals surface area contributed by atoms with Gasteiger partial charge in [-0.15, -0.1) is 0 Å². The molecule has 0 N–H and O–H groups in total. The molecule has 1 heterocycles. The van der Waals surface area contributed by atoms with E-state index in [-0.39, 0.29) is 0 Å². The third-order valence-electron chi connectivity index (χ3n) is 0.794. The maximum absolute atomic E-state index is 3.99. The molecule has 1 aliphatic heterocycles. The molecule has 1 rings (SSSR count). The predicted molar refractivity (Wildman–Crippen MR) is 30.7 cm³/mol. The lowest BCUT2D eigenvalue weighted by atomic mass is 10.4. The molecule has 34 valence electrons. The van der Waals surface area contributed by atoms with Crippen LogP contribution in [0.4, 0.5) is 0 Å². The van der Waals surface area contributed by atoms with Crippen molar-refractivity contribution in [2.45, 2.75) is 11.2 Å². The minimum atomic E-state index is 0.637. The summed E-state index contributed by atoms with van der Waals surface area (Å²) in [6.45, 7) is 0.972. The van der Waals surface area contributed by atoms with E-state index in [0.29, 0.717) is 4.83 Å². The Morgan fingerprint density at radius 1 is 1.83 bits per heavy atom. The normalized spacial score (nSPS) is 31.8. The van der Waals surface area contributed by atoms with Crippen molar-refractivity contribution in [3.8, 4) is 0 Å². The summed E-state index contributed by atoms with van der Waals surface area (Å²) < 4.78 is 0. The first-order chi connectivity index (χ1) is 2.89. The quantitative estimate of drug-likeness (QED) is 0.458. The average molecular weight is 148 g/mol. The van der Waals surface area contributed by atoms with Gasteiger partial charge in [0.05, 0.1) is 6.54 Å². The fourth-order valence-corrected chi connectivity index (χ4v) is 0.787. The van der Waals surface area contributed by atoms with Gasteiger partial charge in [0.25, 0.3) is 0 Å². The van der Waals surface area contributed by atoms with Gasteiger partial charge in [0.2, 0.25) is 0 Å². The van der Waals surface area contributed by atoms with Crippen molar-refractivity contribution in [1.82, 2.24) is 0 Å². The maximum atomic E-state index is 3.99. The van der Waals surface area contributed by atoms with E-state index in [1.807, 2.05) is 6.21 Å². The lowest BCUT2D eigenvalue weighted by molar-refractivity contribution is 0.992. The van der Waals surface area contributed by atoms with Crippen LogP contribution in [-0.4, -0.2) is 17.6 Å². The van der Waals surface area contributed by atoms with Crippen LogP contribution in [0, 0.1) is 0 Å². The lowest BCUT2D eigenvalue weighted by Crippen LogP contribution is -1.92. The second-order valence-electron chi connectivity index (χ2n) is 1.38. The summed E-state index contributed by atoms with van der Waals surface area (Å²) in [5, 5.41) is 0. The van der Waals surface area contributed by atoms with Crippen LogP contribution in [0.25, 0.3) is 0 Å². The third kappa shape index (κ3) is 0.805. The second-order valence-corrected chi connectivity index (χ2v) is 2.68. The minimum Gasteiger partial charge on any atom is -0.296 e.